The summed E-state index contributed by atoms with van der Waals surface area (Å²) in [6, 6.07) is 20.1. The molecule has 0 spiro atoms. The average molecular weight is 360 g/mol. The van der Waals surface area contributed by atoms with Gasteiger partial charge >= 0.3 is 0 Å². The first-order chi connectivity index (χ1) is 13.2. The van der Waals surface area contributed by atoms with Gasteiger partial charge in [-0.15, -0.1) is 0 Å². The lowest BCUT2D eigenvalue weighted by atomic mass is 10.2. The lowest BCUT2D eigenvalue weighted by Crippen LogP contribution is -2.17. The minimum absolute atomic E-state index is 0.495. The molecular formula is C22H24N4O. The Balaban J connectivity index is 1.43. The first kappa shape index (κ1) is 17.3. The third-order valence-electron chi connectivity index (χ3n) is 4.65. The van der Waals surface area contributed by atoms with Gasteiger partial charge in [0, 0.05) is 23.5 Å². The summed E-state index contributed by atoms with van der Waals surface area (Å²) in [5.41, 5.74) is 1.90. The number of ether oxygens (including phenoxy) is 1. The van der Waals surface area contributed by atoms with Gasteiger partial charge in [0.05, 0.1) is 0 Å². The topological polar surface area (TPSA) is 59.1 Å². The third kappa shape index (κ3) is 4.76. The molecule has 0 bridgehead atoms. The van der Waals surface area contributed by atoms with Crippen LogP contribution in [-0.4, -0.2) is 16.0 Å². The Hall–Kier alpha value is -3.08. The van der Waals surface area contributed by atoms with Gasteiger partial charge in [0.15, 0.2) is 0 Å². The van der Waals surface area contributed by atoms with Crippen LogP contribution in [-0.2, 0) is 0 Å². The minimum Gasteiger partial charge on any atom is -0.457 e. The van der Waals surface area contributed by atoms with E-state index >= 15 is 0 Å². The second-order valence-corrected chi connectivity index (χ2v) is 6.91. The van der Waals surface area contributed by atoms with Gasteiger partial charge in [0.25, 0.3) is 0 Å². The van der Waals surface area contributed by atoms with Crippen LogP contribution in [0.3, 0.4) is 0 Å². The molecule has 1 aromatic heterocycles. The molecule has 27 heavy (non-hydrogen) atoms. The SMILES string of the molecule is Cc1cc(Nc2ccc(Oc3ccccc3)cc2)nc(NC2CCCC2)n1. The van der Waals surface area contributed by atoms with Crippen LogP contribution < -0.4 is 15.4 Å². The van der Waals surface area contributed by atoms with Crippen molar-refractivity contribution >= 4 is 17.5 Å². The van der Waals surface area contributed by atoms with E-state index in [1.54, 1.807) is 0 Å². The van der Waals surface area contributed by atoms with Gasteiger partial charge in [0.1, 0.15) is 17.3 Å². The summed E-state index contributed by atoms with van der Waals surface area (Å²) in [6.07, 6.45) is 4.96. The molecule has 5 heteroatoms. The van der Waals surface area contributed by atoms with Gasteiger partial charge in [-0.2, -0.15) is 4.98 Å². The highest BCUT2D eigenvalue weighted by atomic mass is 16.5. The van der Waals surface area contributed by atoms with Crippen LogP contribution in [0.2, 0.25) is 0 Å². The van der Waals surface area contributed by atoms with Crippen LogP contribution in [0.25, 0.3) is 0 Å². The number of anilines is 3. The molecule has 1 heterocycles. The summed E-state index contributed by atoms with van der Waals surface area (Å²) >= 11 is 0. The Morgan fingerprint density at radius 3 is 2.33 bits per heavy atom. The predicted molar refractivity (Wildman–Crippen MR) is 109 cm³/mol. The zero-order chi connectivity index (χ0) is 18.5. The maximum Gasteiger partial charge on any atom is 0.225 e. The maximum atomic E-state index is 5.83. The van der Waals surface area contributed by atoms with E-state index in [1.807, 2.05) is 67.6 Å². The minimum atomic E-state index is 0.495. The largest absolute Gasteiger partial charge is 0.457 e. The van der Waals surface area contributed by atoms with Crippen molar-refractivity contribution in [3.05, 3.63) is 66.4 Å². The Morgan fingerprint density at radius 2 is 1.59 bits per heavy atom. The molecule has 138 valence electrons. The molecule has 0 amide bonds. The standard InChI is InChI=1S/C22H24N4O/c1-16-15-21(26-22(23-16)25-17-7-5-6-8-17)24-18-11-13-20(14-12-18)27-19-9-3-2-4-10-19/h2-4,9-15,17H,5-8H2,1H3,(H2,23,24,25,26). The van der Waals surface area contributed by atoms with Crippen LogP contribution in [0.1, 0.15) is 31.4 Å². The zero-order valence-electron chi connectivity index (χ0n) is 15.5. The van der Waals surface area contributed by atoms with Crippen LogP contribution in [0, 0.1) is 6.92 Å². The number of aromatic nitrogens is 2. The number of para-hydroxylation sites is 1. The number of nitrogens with zero attached hydrogens (tertiary/aromatic N) is 2. The van der Waals surface area contributed by atoms with Crippen molar-refractivity contribution < 1.29 is 4.74 Å². The molecule has 1 aliphatic carbocycles. The van der Waals surface area contributed by atoms with Crippen molar-refractivity contribution in [2.24, 2.45) is 0 Å². The molecular weight excluding hydrogens is 336 g/mol. The summed E-state index contributed by atoms with van der Waals surface area (Å²) in [5.74, 6) is 3.12. The predicted octanol–water partition coefficient (Wildman–Crippen LogP) is 5.68. The third-order valence-corrected chi connectivity index (χ3v) is 4.65. The van der Waals surface area contributed by atoms with Crippen LogP contribution in [0.5, 0.6) is 11.5 Å². The highest BCUT2D eigenvalue weighted by molar-refractivity contribution is 5.58. The Bertz CT molecular complexity index is 875. The van der Waals surface area contributed by atoms with E-state index in [2.05, 4.69) is 20.6 Å². The van der Waals surface area contributed by atoms with Gasteiger partial charge in [-0.25, -0.2) is 4.98 Å². The maximum absolute atomic E-state index is 5.83. The highest BCUT2D eigenvalue weighted by Crippen LogP contribution is 2.25. The van der Waals surface area contributed by atoms with Crippen molar-refractivity contribution in [1.82, 2.24) is 9.97 Å². The van der Waals surface area contributed by atoms with Gasteiger partial charge in [-0.3, -0.25) is 0 Å². The molecule has 1 saturated carbocycles. The normalized spacial score (nSPS) is 14.1. The monoisotopic (exact) mass is 360 g/mol. The fourth-order valence-corrected chi connectivity index (χ4v) is 3.33. The van der Waals surface area contributed by atoms with Crippen molar-refractivity contribution in [3.8, 4) is 11.5 Å². The summed E-state index contributed by atoms with van der Waals surface area (Å²) in [6.45, 7) is 1.99. The van der Waals surface area contributed by atoms with Gasteiger partial charge in [0.2, 0.25) is 5.95 Å². The highest BCUT2D eigenvalue weighted by Gasteiger charge is 2.16. The molecule has 3 aromatic rings. The number of hydrogen-bond donors (Lipinski definition) is 2. The molecule has 4 rings (SSSR count). The van der Waals surface area contributed by atoms with Crippen molar-refractivity contribution in [1.29, 1.82) is 0 Å². The molecule has 5 nitrogen and oxygen atoms in total. The lowest BCUT2D eigenvalue weighted by molar-refractivity contribution is 0.483. The smallest absolute Gasteiger partial charge is 0.225 e. The Morgan fingerprint density at radius 1 is 0.889 bits per heavy atom. The summed E-state index contributed by atoms with van der Waals surface area (Å²) in [7, 11) is 0. The first-order valence-electron chi connectivity index (χ1n) is 9.47. The first-order valence-corrected chi connectivity index (χ1v) is 9.47. The molecule has 2 N–H and O–H groups in total. The van der Waals surface area contributed by atoms with Crippen molar-refractivity contribution in [3.63, 3.8) is 0 Å². The lowest BCUT2D eigenvalue weighted by Gasteiger charge is -2.14. The van der Waals surface area contributed by atoms with E-state index in [4.69, 9.17) is 4.74 Å². The van der Waals surface area contributed by atoms with E-state index in [-0.39, 0.29) is 0 Å². The number of nitrogens with one attached hydrogen (secondary N) is 2. The average Bonchev–Trinajstić information content (AvgIpc) is 3.17. The van der Waals surface area contributed by atoms with Gasteiger partial charge < -0.3 is 15.4 Å². The number of benzene rings is 2. The number of aryl methyl sites for hydroxylation is 1. The van der Waals surface area contributed by atoms with Gasteiger partial charge in [-0.1, -0.05) is 31.0 Å². The molecule has 1 fully saturated rings. The zero-order valence-corrected chi connectivity index (χ0v) is 15.5. The Labute approximate surface area is 159 Å². The summed E-state index contributed by atoms with van der Waals surface area (Å²) < 4.78 is 5.83. The van der Waals surface area contributed by atoms with Crippen LogP contribution in [0.15, 0.2) is 60.7 Å². The molecule has 0 atom stereocenters. The van der Waals surface area contributed by atoms with E-state index in [1.165, 1.54) is 25.7 Å². The van der Waals surface area contributed by atoms with Crippen LogP contribution in [0.4, 0.5) is 17.5 Å². The van der Waals surface area contributed by atoms with Crippen LogP contribution >= 0.6 is 0 Å². The second-order valence-electron chi connectivity index (χ2n) is 6.91. The Kier molecular flexibility index (Phi) is 5.19. The van der Waals surface area contributed by atoms with Gasteiger partial charge in [-0.05, 0) is 56.2 Å². The quantitative estimate of drug-likeness (QED) is 0.592. The summed E-state index contributed by atoms with van der Waals surface area (Å²) in [5, 5.41) is 6.82. The fourth-order valence-electron chi connectivity index (χ4n) is 3.33. The van der Waals surface area contributed by atoms with E-state index in [9.17, 15) is 0 Å². The number of rotatable bonds is 6. The number of hydrogen-bond acceptors (Lipinski definition) is 5. The molecule has 0 radical (unpaired) electrons. The molecule has 2 aromatic carbocycles. The molecule has 0 unspecified atom stereocenters. The van der Waals surface area contributed by atoms with E-state index in [0.717, 1.165) is 28.7 Å². The molecule has 0 saturated heterocycles. The summed E-state index contributed by atoms with van der Waals surface area (Å²) in [4.78, 5) is 9.14. The molecule has 0 aliphatic heterocycles. The van der Waals surface area contributed by atoms with Crippen molar-refractivity contribution in [2.45, 2.75) is 38.6 Å². The molecule has 1 aliphatic rings. The second kappa shape index (κ2) is 8.08. The van der Waals surface area contributed by atoms with Crippen molar-refractivity contribution in [2.75, 3.05) is 10.6 Å². The van der Waals surface area contributed by atoms with E-state index in [0.29, 0.717) is 12.0 Å². The van der Waals surface area contributed by atoms with E-state index < -0.39 is 0 Å². The fraction of sp³-hybridized carbons (Fsp3) is 0.273.